The summed E-state index contributed by atoms with van der Waals surface area (Å²) in [5.41, 5.74) is 6.05. The summed E-state index contributed by atoms with van der Waals surface area (Å²) in [5, 5.41) is 22.9. The third kappa shape index (κ3) is 3.64. The average molecular weight is 407 g/mol. The molecule has 30 heavy (non-hydrogen) atoms. The van der Waals surface area contributed by atoms with Crippen molar-refractivity contribution in [3.8, 4) is 22.6 Å². The number of fused-ring (bicyclic) bond motifs is 2. The van der Waals surface area contributed by atoms with E-state index < -0.39 is 0 Å². The van der Waals surface area contributed by atoms with Gasteiger partial charge in [-0.1, -0.05) is 0 Å². The van der Waals surface area contributed by atoms with Crippen molar-refractivity contribution in [3.05, 3.63) is 47.8 Å². The summed E-state index contributed by atoms with van der Waals surface area (Å²) in [5.74, 6) is 0.578. The molecule has 6 heteroatoms. The van der Waals surface area contributed by atoms with Crippen LogP contribution in [0, 0.1) is 0 Å². The molecular weight excluding hydrogens is 376 g/mol. The monoisotopic (exact) mass is 406 g/mol. The smallest absolute Gasteiger partial charge is 0.125 e. The molecule has 0 aliphatic heterocycles. The number of nitrogens with zero attached hydrogens (tertiary/aromatic N) is 2. The summed E-state index contributed by atoms with van der Waals surface area (Å²) in [6.45, 7) is 1.82. The highest BCUT2D eigenvalue weighted by molar-refractivity contribution is 6.07. The van der Waals surface area contributed by atoms with Crippen molar-refractivity contribution in [2.24, 2.45) is 0 Å². The number of phenols is 2. The van der Waals surface area contributed by atoms with Crippen molar-refractivity contribution in [1.82, 2.24) is 19.8 Å². The van der Waals surface area contributed by atoms with Gasteiger partial charge in [0, 0.05) is 47.4 Å². The SMILES string of the molecule is CN(C)CCc1c[nH]c2c(-c3ccc(O)c4c(CCN(C)C)c[nH]c34)ccc(O)c12. The number of aromatic amines is 2. The predicted molar refractivity (Wildman–Crippen MR) is 123 cm³/mol. The zero-order valence-electron chi connectivity index (χ0n) is 18.1. The van der Waals surface area contributed by atoms with Crippen molar-refractivity contribution >= 4 is 21.8 Å². The molecule has 4 rings (SSSR count). The number of phenolic OH excluding ortho intramolecular Hbond substituents is 2. The molecule has 0 atom stereocenters. The van der Waals surface area contributed by atoms with E-state index in [1.165, 1.54) is 0 Å². The van der Waals surface area contributed by atoms with Gasteiger partial charge in [-0.2, -0.15) is 0 Å². The summed E-state index contributed by atoms with van der Waals surface area (Å²) in [4.78, 5) is 11.0. The number of nitrogens with one attached hydrogen (secondary N) is 2. The Morgan fingerprint density at radius 1 is 0.667 bits per heavy atom. The topological polar surface area (TPSA) is 78.5 Å². The van der Waals surface area contributed by atoms with E-state index in [-0.39, 0.29) is 11.5 Å². The van der Waals surface area contributed by atoms with E-state index in [0.717, 1.165) is 70.0 Å². The summed E-state index contributed by atoms with van der Waals surface area (Å²) in [6.07, 6.45) is 5.69. The zero-order chi connectivity index (χ0) is 21.4. The largest absolute Gasteiger partial charge is 0.507 e. The molecule has 4 aromatic rings. The Morgan fingerprint density at radius 3 is 1.43 bits per heavy atom. The predicted octanol–water partition coefficient (Wildman–Crippen LogP) is 3.94. The van der Waals surface area contributed by atoms with Gasteiger partial charge in [-0.25, -0.2) is 0 Å². The van der Waals surface area contributed by atoms with Crippen molar-refractivity contribution in [3.63, 3.8) is 0 Å². The molecule has 0 bridgehead atoms. The molecule has 0 radical (unpaired) electrons. The minimum absolute atomic E-state index is 0.289. The normalized spacial score (nSPS) is 12.1. The van der Waals surface area contributed by atoms with Gasteiger partial charge in [0.25, 0.3) is 0 Å². The molecule has 2 heterocycles. The number of rotatable bonds is 7. The van der Waals surface area contributed by atoms with Gasteiger partial charge in [0.05, 0.1) is 11.0 Å². The molecule has 0 saturated carbocycles. The quantitative estimate of drug-likeness (QED) is 0.375. The van der Waals surface area contributed by atoms with Gasteiger partial charge in [0.15, 0.2) is 0 Å². The van der Waals surface area contributed by atoms with Crippen LogP contribution in [0.1, 0.15) is 11.1 Å². The zero-order valence-corrected chi connectivity index (χ0v) is 18.1. The van der Waals surface area contributed by atoms with Gasteiger partial charge < -0.3 is 30.0 Å². The van der Waals surface area contributed by atoms with Crippen LogP contribution in [-0.4, -0.2) is 71.3 Å². The third-order valence-electron chi connectivity index (χ3n) is 5.74. The lowest BCUT2D eigenvalue weighted by atomic mass is 9.97. The van der Waals surface area contributed by atoms with Crippen molar-refractivity contribution in [1.29, 1.82) is 0 Å². The van der Waals surface area contributed by atoms with Crippen LogP contribution in [0.15, 0.2) is 36.7 Å². The van der Waals surface area contributed by atoms with Crippen LogP contribution in [0.2, 0.25) is 0 Å². The van der Waals surface area contributed by atoms with Gasteiger partial charge in [0.1, 0.15) is 11.5 Å². The van der Waals surface area contributed by atoms with E-state index >= 15 is 0 Å². The van der Waals surface area contributed by atoms with Gasteiger partial charge in [0.2, 0.25) is 0 Å². The Morgan fingerprint density at radius 2 is 1.07 bits per heavy atom. The third-order valence-corrected chi connectivity index (χ3v) is 5.74. The molecular formula is C24H30N4O2. The fourth-order valence-corrected chi connectivity index (χ4v) is 4.13. The summed E-state index contributed by atoms with van der Waals surface area (Å²) < 4.78 is 0. The van der Waals surface area contributed by atoms with E-state index in [9.17, 15) is 10.2 Å². The van der Waals surface area contributed by atoms with E-state index in [2.05, 4.69) is 19.8 Å². The van der Waals surface area contributed by atoms with E-state index in [1.807, 2.05) is 52.7 Å². The Balaban J connectivity index is 1.85. The van der Waals surface area contributed by atoms with E-state index in [0.29, 0.717) is 0 Å². The van der Waals surface area contributed by atoms with Gasteiger partial charge in [-0.05, 0) is 76.4 Å². The molecule has 0 spiro atoms. The Bertz CT molecular complexity index is 1090. The molecule has 0 amide bonds. The maximum Gasteiger partial charge on any atom is 0.125 e. The number of hydrogen-bond donors (Lipinski definition) is 4. The van der Waals surface area contributed by atoms with Crippen LogP contribution in [0.3, 0.4) is 0 Å². The lowest BCUT2D eigenvalue weighted by Gasteiger charge is -2.11. The Labute approximate surface area is 176 Å². The van der Waals surface area contributed by atoms with Crippen LogP contribution in [0.4, 0.5) is 0 Å². The lowest BCUT2D eigenvalue weighted by molar-refractivity contribution is 0.414. The van der Waals surface area contributed by atoms with Gasteiger partial charge in [-0.3, -0.25) is 0 Å². The molecule has 0 fully saturated rings. The molecule has 0 aliphatic rings. The lowest BCUT2D eigenvalue weighted by Crippen LogP contribution is -2.14. The maximum absolute atomic E-state index is 10.6. The first kappa shape index (κ1) is 20.3. The summed E-state index contributed by atoms with van der Waals surface area (Å²) in [6, 6.07) is 7.41. The highest BCUT2D eigenvalue weighted by atomic mass is 16.3. The van der Waals surface area contributed by atoms with Crippen molar-refractivity contribution in [2.45, 2.75) is 12.8 Å². The molecule has 158 valence electrons. The molecule has 0 aliphatic carbocycles. The fraction of sp³-hybridized carbons (Fsp3) is 0.333. The summed E-state index contributed by atoms with van der Waals surface area (Å²) in [7, 11) is 8.19. The maximum atomic E-state index is 10.6. The Hall–Kier alpha value is -2.96. The van der Waals surface area contributed by atoms with E-state index in [1.54, 1.807) is 12.1 Å². The number of aromatic hydroxyl groups is 2. The first-order chi connectivity index (χ1) is 14.4. The van der Waals surface area contributed by atoms with Gasteiger partial charge >= 0.3 is 0 Å². The number of H-pyrrole nitrogens is 2. The van der Waals surface area contributed by atoms with Crippen LogP contribution >= 0.6 is 0 Å². The van der Waals surface area contributed by atoms with Crippen LogP contribution < -0.4 is 0 Å². The highest BCUT2D eigenvalue weighted by Gasteiger charge is 2.18. The van der Waals surface area contributed by atoms with E-state index in [4.69, 9.17) is 0 Å². The molecule has 0 unspecified atom stereocenters. The molecule has 2 aromatic carbocycles. The second-order valence-electron chi connectivity index (χ2n) is 8.50. The fourth-order valence-electron chi connectivity index (χ4n) is 4.13. The van der Waals surface area contributed by atoms with Crippen LogP contribution in [0.25, 0.3) is 32.9 Å². The number of benzene rings is 2. The first-order valence-electron chi connectivity index (χ1n) is 10.3. The number of likely N-dealkylation sites (N-methyl/N-ethyl adjacent to an activating group) is 2. The number of aromatic nitrogens is 2. The van der Waals surface area contributed by atoms with Crippen molar-refractivity contribution < 1.29 is 10.2 Å². The average Bonchev–Trinajstić information content (AvgIpc) is 3.31. The number of hydrogen-bond acceptors (Lipinski definition) is 4. The van der Waals surface area contributed by atoms with Gasteiger partial charge in [-0.15, -0.1) is 0 Å². The molecule has 2 aromatic heterocycles. The Kier molecular flexibility index (Phi) is 5.45. The highest BCUT2D eigenvalue weighted by Crippen LogP contribution is 2.41. The second-order valence-corrected chi connectivity index (χ2v) is 8.50. The minimum atomic E-state index is 0.289. The minimum Gasteiger partial charge on any atom is -0.507 e. The molecule has 4 N–H and O–H groups in total. The van der Waals surface area contributed by atoms with Crippen molar-refractivity contribution in [2.75, 3.05) is 41.3 Å². The van der Waals surface area contributed by atoms with Crippen LogP contribution in [-0.2, 0) is 12.8 Å². The molecule has 0 saturated heterocycles. The van der Waals surface area contributed by atoms with Crippen LogP contribution in [0.5, 0.6) is 11.5 Å². The standard InChI is InChI=1S/C24H30N4O2/c1-27(2)11-9-15-13-25-23-17(5-7-19(29)21(15)23)18-6-8-20(30)22-16(10-12-28(3)4)14-26-24(18)22/h5-8,13-14,25-26,29-30H,9-12H2,1-4H3. The summed E-state index contributed by atoms with van der Waals surface area (Å²) >= 11 is 0. The molecule has 6 nitrogen and oxygen atoms in total. The second kappa shape index (κ2) is 8.05. The first-order valence-corrected chi connectivity index (χ1v) is 10.3.